The molecule has 2 aromatic rings. The monoisotopic (exact) mass is 228 g/mol. The highest BCUT2D eigenvalue weighted by Gasteiger charge is 1.99. The lowest BCUT2D eigenvalue weighted by Gasteiger charge is -2.08. The average molecular weight is 228 g/mol. The zero-order valence-electron chi connectivity index (χ0n) is 9.89. The molecule has 0 spiro atoms. The third-order valence-electron chi connectivity index (χ3n) is 2.76. The van der Waals surface area contributed by atoms with Gasteiger partial charge in [-0.05, 0) is 35.7 Å². The third kappa shape index (κ3) is 3.08. The van der Waals surface area contributed by atoms with Gasteiger partial charge in [-0.1, -0.05) is 36.4 Å². The van der Waals surface area contributed by atoms with Crippen LogP contribution in [0.25, 0.3) is 0 Å². The van der Waals surface area contributed by atoms with Gasteiger partial charge in [0.15, 0.2) is 0 Å². The maximum absolute atomic E-state index is 8.93. The van der Waals surface area contributed by atoms with Crippen molar-refractivity contribution in [1.29, 1.82) is 0 Å². The second-order valence-corrected chi connectivity index (χ2v) is 4.02. The smallest absolute Gasteiger partial charge is 0.119 e. The van der Waals surface area contributed by atoms with Crippen LogP contribution in [-0.4, -0.2) is 5.11 Å². The Kier molecular flexibility index (Phi) is 3.78. The quantitative estimate of drug-likeness (QED) is 0.871. The highest BCUT2D eigenvalue weighted by Crippen LogP contribution is 2.15. The van der Waals surface area contributed by atoms with Crippen LogP contribution in [0.15, 0.2) is 48.5 Å². The second kappa shape index (κ2) is 5.51. The molecule has 2 rings (SSSR count). The standard InChI is InChI=1S/C15H16O2/c1-12-4-2-3-5-14(12)11-17-15-8-6-13(10-16)7-9-15/h2-9,16H,10-11H2,1H3. The largest absolute Gasteiger partial charge is 0.489 e. The molecule has 0 heterocycles. The summed E-state index contributed by atoms with van der Waals surface area (Å²) in [6.45, 7) is 2.72. The molecule has 0 atom stereocenters. The Morgan fingerprint density at radius 3 is 2.35 bits per heavy atom. The van der Waals surface area contributed by atoms with Gasteiger partial charge in [-0.25, -0.2) is 0 Å². The molecule has 0 aliphatic rings. The van der Waals surface area contributed by atoms with E-state index in [1.807, 2.05) is 36.4 Å². The topological polar surface area (TPSA) is 29.5 Å². The predicted molar refractivity (Wildman–Crippen MR) is 67.9 cm³/mol. The minimum Gasteiger partial charge on any atom is -0.489 e. The second-order valence-electron chi connectivity index (χ2n) is 4.02. The van der Waals surface area contributed by atoms with E-state index in [0.717, 1.165) is 11.3 Å². The van der Waals surface area contributed by atoms with Crippen LogP contribution in [0.5, 0.6) is 5.75 Å². The van der Waals surface area contributed by atoms with Crippen LogP contribution in [0.3, 0.4) is 0 Å². The normalized spacial score (nSPS) is 10.2. The number of hydrogen-bond acceptors (Lipinski definition) is 2. The first kappa shape index (κ1) is 11.7. The van der Waals surface area contributed by atoms with Gasteiger partial charge in [-0.3, -0.25) is 0 Å². The molecule has 2 aromatic carbocycles. The van der Waals surface area contributed by atoms with Crippen molar-refractivity contribution in [2.45, 2.75) is 20.1 Å². The molecule has 0 aliphatic heterocycles. The number of ether oxygens (including phenoxy) is 1. The fourth-order valence-electron chi connectivity index (χ4n) is 1.62. The number of hydrogen-bond donors (Lipinski definition) is 1. The Morgan fingerprint density at radius 1 is 1.00 bits per heavy atom. The summed E-state index contributed by atoms with van der Waals surface area (Å²) in [5.74, 6) is 0.824. The zero-order chi connectivity index (χ0) is 12.1. The fourth-order valence-corrected chi connectivity index (χ4v) is 1.62. The van der Waals surface area contributed by atoms with Crippen LogP contribution < -0.4 is 4.74 Å². The molecule has 1 N–H and O–H groups in total. The van der Waals surface area contributed by atoms with E-state index in [0.29, 0.717) is 6.61 Å². The molecular formula is C15H16O2. The Balaban J connectivity index is 2.00. The lowest BCUT2D eigenvalue weighted by molar-refractivity contribution is 0.280. The van der Waals surface area contributed by atoms with Crippen LogP contribution in [0.2, 0.25) is 0 Å². The van der Waals surface area contributed by atoms with Crippen molar-refractivity contribution in [2.75, 3.05) is 0 Å². The molecule has 17 heavy (non-hydrogen) atoms. The van der Waals surface area contributed by atoms with Crippen molar-refractivity contribution in [3.05, 3.63) is 65.2 Å². The van der Waals surface area contributed by atoms with Gasteiger partial charge in [0.25, 0.3) is 0 Å². The van der Waals surface area contributed by atoms with E-state index in [-0.39, 0.29) is 6.61 Å². The van der Waals surface area contributed by atoms with Crippen LogP contribution in [0, 0.1) is 6.92 Å². The van der Waals surface area contributed by atoms with Crippen LogP contribution >= 0.6 is 0 Å². The summed E-state index contributed by atoms with van der Waals surface area (Å²) < 4.78 is 5.69. The Morgan fingerprint density at radius 2 is 1.71 bits per heavy atom. The van der Waals surface area contributed by atoms with Crippen molar-refractivity contribution in [3.8, 4) is 5.75 Å². The molecule has 0 unspecified atom stereocenters. The average Bonchev–Trinajstić information content (AvgIpc) is 2.38. The summed E-state index contributed by atoms with van der Waals surface area (Å²) in [5.41, 5.74) is 3.33. The van der Waals surface area contributed by atoms with Gasteiger partial charge in [0.05, 0.1) is 6.61 Å². The van der Waals surface area contributed by atoms with Gasteiger partial charge in [0.2, 0.25) is 0 Å². The molecule has 88 valence electrons. The molecule has 0 saturated heterocycles. The van der Waals surface area contributed by atoms with Crippen molar-refractivity contribution in [3.63, 3.8) is 0 Å². The summed E-state index contributed by atoms with van der Waals surface area (Å²) in [7, 11) is 0. The molecular weight excluding hydrogens is 212 g/mol. The first-order valence-corrected chi connectivity index (χ1v) is 5.66. The van der Waals surface area contributed by atoms with Gasteiger partial charge in [0.1, 0.15) is 12.4 Å². The Bertz CT molecular complexity index is 475. The van der Waals surface area contributed by atoms with Crippen molar-refractivity contribution < 1.29 is 9.84 Å². The number of aliphatic hydroxyl groups is 1. The lowest BCUT2D eigenvalue weighted by atomic mass is 10.1. The molecule has 0 radical (unpaired) electrons. The summed E-state index contributed by atoms with van der Waals surface area (Å²) in [6, 6.07) is 15.7. The highest BCUT2D eigenvalue weighted by atomic mass is 16.5. The van der Waals surface area contributed by atoms with Gasteiger partial charge < -0.3 is 9.84 Å². The van der Waals surface area contributed by atoms with E-state index in [4.69, 9.17) is 9.84 Å². The maximum Gasteiger partial charge on any atom is 0.119 e. The zero-order valence-corrected chi connectivity index (χ0v) is 9.89. The minimum atomic E-state index is 0.0675. The van der Waals surface area contributed by atoms with Crippen LogP contribution in [0.1, 0.15) is 16.7 Å². The molecule has 0 saturated carbocycles. The van der Waals surface area contributed by atoms with E-state index in [2.05, 4.69) is 19.1 Å². The molecule has 2 nitrogen and oxygen atoms in total. The van der Waals surface area contributed by atoms with Crippen molar-refractivity contribution >= 4 is 0 Å². The summed E-state index contributed by atoms with van der Waals surface area (Å²) in [6.07, 6.45) is 0. The van der Waals surface area contributed by atoms with Gasteiger partial charge >= 0.3 is 0 Å². The van der Waals surface area contributed by atoms with E-state index in [1.165, 1.54) is 11.1 Å². The fraction of sp³-hybridized carbons (Fsp3) is 0.200. The van der Waals surface area contributed by atoms with Crippen molar-refractivity contribution in [1.82, 2.24) is 0 Å². The van der Waals surface area contributed by atoms with Crippen molar-refractivity contribution in [2.24, 2.45) is 0 Å². The third-order valence-corrected chi connectivity index (χ3v) is 2.76. The minimum absolute atomic E-state index is 0.0675. The summed E-state index contributed by atoms with van der Waals surface area (Å²) in [4.78, 5) is 0. The first-order chi connectivity index (χ1) is 8.29. The molecule has 0 bridgehead atoms. The number of aliphatic hydroxyl groups excluding tert-OH is 1. The Hall–Kier alpha value is -1.80. The van der Waals surface area contributed by atoms with Gasteiger partial charge in [0, 0.05) is 0 Å². The SMILES string of the molecule is Cc1ccccc1COc1ccc(CO)cc1. The first-order valence-electron chi connectivity index (χ1n) is 5.66. The van der Waals surface area contributed by atoms with Crippen LogP contribution in [-0.2, 0) is 13.2 Å². The number of benzene rings is 2. The van der Waals surface area contributed by atoms with Crippen LogP contribution in [0.4, 0.5) is 0 Å². The molecule has 0 aromatic heterocycles. The van der Waals surface area contributed by atoms with E-state index in [9.17, 15) is 0 Å². The maximum atomic E-state index is 8.93. The molecule has 2 heteroatoms. The molecule has 0 amide bonds. The number of aryl methyl sites for hydroxylation is 1. The highest BCUT2D eigenvalue weighted by molar-refractivity contribution is 5.29. The lowest BCUT2D eigenvalue weighted by Crippen LogP contribution is -1.97. The predicted octanol–water partition coefficient (Wildman–Crippen LogP) is 3.07. The van der Waals surface area contributed by atoms with E-state index >= 15 is 0 Å². The molecule has 0 fully saturated rings. The summed E-state index contributed by atoms with van der Waals surface area (Å²) >= 11 is 0. The van der Waals surface area contributed by atoms with E-state index < -0.39 is 0 Å². The van der Waals surface area contributed by atoms with E-state index in [1.54, 1.807) is 0 Å². The molecule has 0 aliphatic carbocycles. The Labute approximate surface area is 101 Å². The van der Waals surface area contributed by atoms with Gasteiger partial charge in [-0.2, -0.15) is 0 Å². The number of rotatable bonds is 4. The summed E-state index contributed by atoms with van der Waals surface area (Å²) in [5, 5.41) is 8.93. The van der Waals surface area contributed by atoms with Gasteiger partial charge in [-0.15, -0.1) is 0 Å².